The van der Waals surface area contributed by atoms with Crippen LogP contribution in [0.3, 0.4) is 0 Å². The van der Waals surface area contributed by atoms with Gasteiger partial charge in [0.1, 0.15) is 0 Å². The van der Waals surface area contributed by atoms with Crippen LogP contribution in [0.4, 0.5) is 13.2 Å². The van der Waals surface area contributed by atoms with E-state index in [1.165, 1.54) is 48.5 Å². The number of alkyl halides is 3. The van der Waals surface area contributed by atoms with Gasteiger partial charge in [0.15, 0.2) is 9.84 Å². The normalized spacial score (nSPS) is 16.5. The lowest BCUT2D eigenvalue weighted by Crippen LogP contribution is -2.30. The maximum Gasteiger partial charge on any atom is 0.572 e. The van der Waals surface area contributed by atoms with Gasteiger partial charge in [0.05, 0.1) is 35.1 Å². The highest BCUT2D eigenvalue weighted by Gasteiger charge is 2.57. The van der Waals surface area contributed by atoms with Gasteiger partial charge in [0, 0.05) is 0 Å². The van der Waals surface area contributed by atoms with E-state index in [1.807, 2.05) is 0 Å². The molecule has 1 fully saturated rings. The molecule has 1 N–H and O–H groups in total. The van der Waals surface area contributed by atoms with Crippen LogP contribution < -0.4 is 0 Å². The quantitative estimate of drug-likeness (QED) is 0.179. The summed E-state index contributed by atoms with van der Waals surface area (Å²) < 4.78 is 95.6. The van der Waals surface area contributed by atoms with Gasteiger partial charge >= 0.3 is 15.6 Å². The van der Waals surface area contributed by atoms with Crippen LogP contribution in [-0.4, -0.2) is 31.2 Å². The molecule has 0 bridgehead atoms. The van der Waals surface area contributed by atoms with Crippen LogP contribution in [0.5, 0.6) is 0 Å². The van der Waals surface area contributed by atoms with E-state index in [-0.39, 0.29) is 19.6 Å². The van der Waals surface area contributed by atoms with Crippen molar-refractivity contribution in [1.82, 2.24) is 0 Å². The zero-order valence-corrected chi connectivity index (χ0v) is 21.6. The summed E-state index contributed by atoms with van der Waals surface area (Å²) in [6, 6.07) is 21.3. The lowest BCUT2D eigenvalue weighted by Gasteiger charge is -2.35. The molecule has 1 aliphatic carbocycles. The summed E-state index contributed by atoms with van der Waals surface area (Å²) in [7, 11) is -12.9. The predicted molar refractivity (Wildman–Crippen MR) is 133 cm³/mol. The van der Waals surface area contributed by atoms with E-state index >= 15 is 0 Å². The molecule has 11 heteroatoms. The zero-order valence-electron chi connectivity index (χ0n) is 19.1. The largest absolute Gasteiger partial charge is 0.572 e. The molecule has 36 heavy (non-hydrogen) atoms. The van der Waals surface area contributed by atoms with Crippen molar-refractivity contribution < 1.29 is 33.6 Å². The first-order valence-electron chi connectivity index (χ1n) is 11.3. The van der Waals surface area contributed by atoms with Crippen molar-refractivity contribution in [2.45, 2.75) is 62.4 Å². The number of hydrogen-bond donors (Lipinski definition) is 0. The van der Waals surface area contributed by atoms with Gasteiger partial charge in [-0.25, -0.2) is 8.42 Å². The predicted octanol–water partition coefficient (Wildman–Crippen LogP) is 6.93. The van der Waals surface area contributed by atoms with Gasteiger partial charge in [0.2, 0.25) is 0 Å². The first-order chi connectivity index (χ1) is 17.0. The summed E-state index contributed by atoms with van der Waals surface area (Å²) in [5.74, 6) is 0. The number of benzene rings is 3. The topological polar surface area (TPSA) is 81.1 Å². The summed E-state index contributed by atoms with van der Waals surface area (Å²) in [6.45, 7) is 0. The van der Waals surface area contributed by atoms with E-state index in [0.29, 0.717) is 12.8 Å². The maximum absolute atomic E-state index is 13.6. The van der Waals surface area contributed by atoms with E-state index < -0.39 is 41.0 Å². The fourth-order valence-electron chi connectivity index (χ4n) is 4.36. The number of halogens is 3. The van der Waals surface area contributed by atoms with Gasteiger partial charge in [-0.1, -0.05) is 55.7 Å². The highest BCUT2D eigenvalue weighted by Crippen LogP contribution is 2.68. The minimum Gasteiger partial charge on any atom is -0.255 e. The van der Waals surface area contributed by atoms with Crippen LogP contribution in [0, 0.1) is 0 Å². The summed E-state index contributed by atoms with van der Waals surface area (Å²) in [5.41, 5.74) is -5.60. The van der Waals surface area contributed by atoms with E-state index in [9.17, 15) is 30.0 Å². The van der Waals surface area contributed by atoms with E-state index in [1.54, 1.807) is 36.4 Å². The molecule has 0 amide bonds. The molecule has 0 aromatic heterocycles. The first-order valence-corrected chi connectivity index (χ1v) is 15.9. The zero-order chi connectivity index (χ0) is 26.0. The van der Waals surface area contributed by atoms with Crippen LogP contribution >= 0.6 is 10.3 Å². The Labute approximate surface area is 210 Å². The van der Waals surface area contributed by atoms with Crippen LogP contribution in [0.15, 0.2) is 105 Å². The molecule has 1 saturated carbocycles. The van der Waals surface area contributed by atoms with Gasteiger partial charge < -0.3 is 0 Å². The van der Waals surface area contributed by atoms with Crippen LogP contribution in [0.2, 0.25) is 0 Å². The Morgan fingerprint density at radius 3 is 1.47 bits per heavy atom. The lowest BCUT2D eigenvalue weighted by molar-refractivity contribution is -0.0540. The third-order valence-corrected chi connectivity index (χ3v) is 13.6. The molecule has 194 valence electrons. The summed E-state index contributed by atoms with van der Waals surface area (Å²) in [5, 5.41) is -0.507. The Morgan fingerprint density at radius 1 is 0.611 bits per heavy atom. The molecule has 4 rings (SSSR count). The summed E-state index contributed by atoms with van der Waals surface area (Å²) in [6.07, 6.45) is 3.76. The van der Waals surface area contributed by atoms with Crippen LogP contribution in [-0.2, 0) is 20.0 Å². The van der Waals surface area contributed by atoms with Crippen molar-refractivity contribution in [2.75, 3.05) is 0 Å². The Kier molecular flexibility index (Phi) is 7.57. The third kappa shape index (κ3) is 5.06. The molecular formula is C25H26F3O5S3+. The molecule has 0 atom stereocenters. The highest BCUT2D eigenvalue weighted by atomic mass is 32.3. The molecule has 0 saturated heterocycles. The Morgan fingerprint density at radius 2 is 1.03 bits per heavy atom. The molecule has 0 radical (unpaired) electrons. The Balaban J connectivity index is 1.92. The lowest BCUT2D eigenvalue weighted by atomic mass is 10.0. The standard InChI is InChI=1S/C25H25F3O5S3/c26-25(27,28)36(31,32)33-34(20-10-4-1-5-11-20,21-12-6-2-7-13-21)22-16-18-24(19-17-22)35(29,30)23-14-8-3-9-15-23/h1-2,4-7,10-13,16-19,23H,3,8-9,14-15H2/p+1. The van der Waals surface area contributed by atoms with E-state index in [4.69, 9.17) is 0 Å². The van der Waals surface area contributed by atoms with Crippen molar-refractivity contribution in [3.05, 3.63) is 84.9 Å². The molecule has 3 aromatic rings. The fourth-order valence-corrected chi connectivity index (χ4v) is 11.2. The molecule has 0 aliphatic heterocycles. The molecule has 0 unspecified atom stereocenters. The van der Waals surface area contributed by atoms with Crippen molar-refractivity contribution in [3.63, 3.8) is 0 Å². The van der Waals surface area contributed by atoms with Gasteiger partial charge in [0.25, 0.3) is 0 Å². The second kappa shape index (κ2) is 10.2. The molecule has 5 nitrogen and oxygen atoms in total. The molecule has 0 spiro atoms. The summed E-state index contributed by atoms with van der Waals surface area (Å²) >= 11 is 0. The Bertz CT molecular complexity index is 1350. The smallest absolute Gasteiger partial charge is 0.255 e. The van der Waals surface area contributed by atoms with Gasteiger partial charge in [-0.2, -0.15) is 13.2 Å². The highest BCUT2D eigenvalue weighted by molar-refractivity contribution is 8.32. The van der Waals surface area contributed by atoms with Crippen molar-refractivity contribution >= 4 is 30.3 Å². The van der Waals surface area contributed by atoms with E-state index in [2.05, 4.69) is 3.63 Å². The second-order valence-corrected chi connectivity index (χ2v) is 15.3. The minimum absolute atomic E-state index is 0.0613. The first kappa shape index (κ1) is 26.7. The number of rotatable bonds is 7. The monoisotopic (exact) mass is 559 g/mol. The maximum atomic E-state index is 13.6. The van der Waals surface area contributed by atoms with Crippen molar-refractivity contribution in [2.24, 2.45) is 0 Å². The van der Waals surface area contributed by atoms with Gasteiger partial charge in [-0.15, -0.1) is 8.42 Å². The number of hydrogen-bond acceptors (Lipinski definition) is 4. The minimum atomic E-state index is -5.91. The van der Waals surface area contributed by atoms with Crippen LogP contribution in [0.25, 0.3) is 0 Å². The molecule has 0 heterocycles. The second-order valence-electron chi connectivity index (χ2n) is 8.48. The number of sulfone groups is 1. The average Bonchev–Trinajstić information content (AvgIpc) is 2.88. The Hall–Kier alpha value is -2.34. The van der Waals surface area contributed by atoms with Gasteiger partial charge in [-0.3, -0.25) is 3.63 Å². The van der Waals surface area contributed by atoms with Crippen molar-refractivity contribution in [3.8, 4) is 0 Å². The SMILES string of the molecule is O=S(=O)(c1ccc(S([OH+]S(=O)(=O)C(F)(F)F)(c2ccccc2)c2ccccc2)cc1)C1CCCCC1. The molecular weight excluding hydrogens is 533 g/mol. The van der Waals surface area contributed by atoms with Crippen molar-refractivity contribution in [1.29, 1.82) is 0 Å². The van der Waals surface area contributed by atoms with Crippen LogP contribution in [0.1, 0.15) is 32.1 Å². The molecule has 1 aliphatic rings. The summed E-state index contributed by atoms with van der Waals surface area (Å²) in [4.78, 5) is 0.778. The fraction of sp³-hybridized carbons (Fsp3) is 0.280. The van der Waals surface area contributed by atoms with Gasteiger partial charge in [-0.05, 0) is 61.4 Å². The third-order valence-electron chi connectivity index (χ3n) is 6.16. The van der Waals surface area contributed by atoms with E-state index in [0.717, 1.165) is 19.3 Å². The average molecular weight is 560 g/mol. The molecule has 3 aromatic carbocycles.